The number of ether oxygens (including phenoxy) is 1. The number of alkyl halides is 3. The molecule has 0 aliphatic carbocycles. The molecule has 2 atom stereocenters. The lowest BCUT2D eigenvalue weighted by molar-refractivity contribution is -0.137. The van der Waals surface area contributed by atoms with Gasteiger partial charge in [-0.2, -0.15) is 13.2 Å². The number of morpholine rings is 1. The smallest absolute Gasteiger partial charge is 0.385 e. The molecule has 2 fully saturated rings. The predicted molar refractivity (Wildman–Crippen MR) is 66.1 cm³/mol. The Morgan fingerprint density at radius 3 is 2.15 bits per heavy atom. The van der Waals surface area contributed by atoms with Crippen LogP contribution in [-0.2, 0) is 16.5 Å². The monoisotopic (exact) mass is 287 g/mol. The summed E-state index contributed by atoms with van der Waals surface area (Å²) in [6.45, 7) is 1.05. The van der Waals surface area contributed by atoms with Crippen LogP contribution in [0.5, 0.6) is 0 Å². The van der Waals surface area contributed by atoms with Crippen LogP contribution in [0.1, 0.15) is 24.0 Å². The quantitative estimate of drug-likeness (QED) is 0.830. The van der Waals surface area contributed by atoms with E-state index < -0.39 is 17.3 Å². The van der Waals surface area contributed by atoms with E-state index in [-0.39, 0.29) is 12.1 Å². The van der Waals surface area contributed by atoms with Gasteiger partial charge in [0, 0.05) is 12.1 Å². The second kappa shape index (κ2) is 4.72. The number of fused-ring (bicyclic) bond motifs is 2. The van der Waals surface area contributed by atoms with Crippen molar-refractivity contribution in [2.45, 2.75) is 36.7 Å². The zero-order chi connectivity index (χ0) is 14.4. The van der Waals surface area contributed by atoms with E-state index in [0.29, 0.717) is 31.6 Å². The SMILES string of the molecule is OC1(c2ccc(C(F)(F)F)cc2)CC2COCC(C1)N2. The summed E-state index contributed by atoms with van der Waals surface area (Å²) in [5.74, 6) is 0. The van der Waals surface area contributed by atoms with E-state index in [4.69, 9.17) is 4.74 Å². The Morgan fingerprint density at radius 2 is 1.65 bits per heavy atom. The molecule has 1 aromatic rings. The second-order valence-corrected chi connectivity index (χ2v) is 5.61. The maximum absolute atomic E-state index is 12.6. The minimum absolute atomic E-state index is 0.0507. The van der Waals surface area contributed by atoms with Crippen molar-refractivity contribution in [3.05, 3.63) is 35.4 Å². The first-order valence-electron chi connectivity index (χ1n) is 6.61. The molecule has 1 aromatic carbocycles. The summed E-state index contributed by atoms with van der Waals surface area (Å²) in [7, 11) is 0. The van der Waals surface area contributed by atoms with Crippen molar-refractivity contribution in [2.24, 2.45) is 0 Å². The van der Waals surface area contributed by atoms with Gasteiger partial charge in [0.1, 0.15) is 0 Å². The number of aliphatic hydroxyl groups is 1. The van der Waals surface area contributed by atoms with Gasteiger partial charge in [0.25, 0.3) is 0 Å². The normalized spacial score (nSPS) is 34.0. The van der Waals surface area contributed by atoms with E-state index in [1.165, 1.54) is 12.1 Å². The second-order valence-electron chi connectivity index (χ2n) is 5.61. The molecule has 2 heterocycles. The third-order valence-corrected chi connectivity index (χ3v) is 4.03. The van der Waals surface area contributed by atoms with Crippen LogP contribution in [0.4, 0.5) is 13.2 Å². The average Bonchev–Trinajstić information content (AvgIpc) is 2.37. The van der Waals surface area contributed by atoms with Crippen LogP contribution in [0.25, 0.3) is 0 Å². The molecule has 0 radical (unpaired) electrons. The van der Waals surface area contributed by atoms with Gasteiger partial charge in [-0.15, -0.1) is 0 Å². The molecule has 110 valence electrons. The van der Waals surface area contributed by atoms with E-state index >= 15 is 0 Å². The van der Waals surface area contributed by atoms with Gasteiger partial charge in [-0.05, 0) is 30.5 Å². The standard InChI is InChI=1S/C14H16F3NO2/c15-14(16,17)10-3-1-9(2-4-10)13(19)5-11-7-20-8-12(6-13)18-11/h1-4,11-12,18-19H,5-8H2. The maximum Gasteiger partial charge on any atom is 0.416 e. The van der Waals surface area contributed by atoms with Crippen molar-refractivity contribution in [2.75, 3.05) is 13.2 Å². The molecule has 2 N–H and O–H groups in total. The lowest BCUT2D eigenvalue weighted by atomic mass is 9.78. The van der Waals surface area contributed by atoms with Gasteiger partial charge in [-0.25, -0.2) is 0 Å². The van der Waals surface area contributed by atoms with Crippen LogP contribution in [0.15, 0.2) is 24.3 Å². The number of piperidine rings is 1. The van der Waals surface area contributed by atoms with E-state index in [1.807, 2.05) is 0 Å². The summed E-state index contributed by atoms with van der Waals surface area (Å²) in [6, 6.07) is 4.92. The van der Waals surface area contributed by atoms with Crippen LogP contribution in [0.3, 0.4) is 0 Å². The number of halogens is 3. The van der Waals surface area contributed by atoms with E-state index in [0.717, 1.165) is 12.1 Å². The number of rotatable bonds is 1. The fourth-order valence-corrected chi connectivity index (χ4v) is 3.12. The third kappa shape index (κ3) is 2.55. The van der Waals surface area contributed by atoms with E-state index in [2.05, 4.69) is 5.32 Å². The molecular formula is C14H16F3NO2. The van der Waals surface area contributed by atoms with Crippen LogP contribution in [0.2, 0.25) is 0 Å². The highest BCUT2D eigenvalue weighted by Gasteiger charge is 2.42. The molecule has 2 aliphatic heterocycles. The minimum Gasteiger partial charge on any atom is -0.385 e. The van der Waals surface area contributed by atoms with Crippen molar-refractivity contribution >= 4 is 0 Å². The zero-order valence-electron chi connectivity index (χ0n) is 10.8. The van der Waals surface area contributed by atoms with Gasteiger partial charge < -0.3 is 15.2 Å². The summed E-state index contributed by atoms with van der Waals surface area (Å²) in [4.78, 5) is 0. The van der Waals surface area contributed by atoms with Crippen molar-refractivity contribution in [3.63, 3.8) is 0 Å². The van der Waals surface area contributed by atoms with Crippen molar-refractivity contribution in [1.29, 1.82) is 0 Å². The number of hydrogen-bond donors (Lipinski definition) is 2. The van der Waals surface area contributed by atoms with Crippen LogP contribution in [0, 0.1) is 0 Å². The molecule has 20 heavy (non-hydrogen) atoms. The van der Waals surface area contributed by atoms with Gasteiger partial charge in [-0.3, -0.25) is 0 Å². The molecule has 2 saturated heterocycles. The van der Waals surface area contributed by atoms with Gasteiger partial charge in [0.2, 0.25) is 0 Å². The Bertz CT molecular complexity index is 474. The number of benzene rings is 1. The Morgan fingerprint density at radius 1 is 1.10 bits per heavy atom. The van der Waals surface area contributed by atoms with Crippen molar-refractivity contribution < 1.29 is 23.0 Å². The van der Waals surface area contributed by atoms with E-state index in [1.54, 1.807) is 0 Å². The van der Waals surface area contributed by atoms with Gasteiger partial charge in [0.05, 0.1) is 24.4 Å². The first-order valence-corrected chi connectivity index (χ1v) is 6.61. The van der Waals surface area contributed by atoms with Crippen molar-refractivity contribution in [3.8, 4) is 0 Å². The first-order chi connectivity index (χ1) is 9.37. The van der Waals surface area contributed by atoms with Crippen LogP contribution >= 0.6 is 0 Å². The minimum atomic E-state index is -4.35. The fraction of sp³-hybridized carbons (Fsp3) is 0.571. The fourth-order valence-electron chi connectivity index (χ4n) is 3.12. The summed E-state index contributed by atoms with van der Waals surface area (Å²) in [5.41, 5.74) is -1.22. The molecule has 6 heteroatoms. The molecule has 0 saturated carbocycles. The molecule has 3 rings (SSSR count). The molecule has 2 bridgehead atoms. The predicted octanol–water partition coefficient (Wildman–Crippen LogP) is 2.04. The molecule has 2 unspecified atom stereocenters. The summed E-state index contributed by atoms with van der Waals surface area (Å²) in [6.07, 6.45) is -3.44. The number of nitrogens with one attached hydrogen (secondary N) is 1. The Hall–Kier alpha value is -1.11. The Labute approximate surface area is 114 Å². The molecule has 3 nitrogen and oxygen atoms in total. The molecule has 0 amide bonds. The maximum atomic E-state index is 12.6. The summed E-state index contributed by atoms with van der Waals surface area (Å²) >= 11 is 0. The summed E-state index contributed by atoms with van der Waals surface area (Å²) in [5, 5.41) is 14.1. The van der Waals surface area contributed by atoms with Gasteiger partial charge in [0.15, 0.2) is 0 Å². The van der Waals surface area contributed by atoms with E-state index in [9.17, 15) is 18.3 Å². The van der Waals surface area contributed by atoms with Crippen LogP contribution in [-0.4, -0.2) is 30.4 Å². The average molecular weight is 287 g/mol. The van der Waals surface area contributed by atoms with Crippen LogP contribution < -0.4 is 5.32 Å². The lowest BCUT2D eigenvalue weighted by Crippen LogP contribution is -2.58. The molecular weight excluding hydrogens is 271 g/mol. The highest BCUT2D eigenvalue weighted by atomic mass is 19.4. The zero-order valence-corrected chi connectivity index (χ0v) is 10.8. The third-order valence-electron chi connectivity index (χ3n) is 4.03. The number of hydrogen-bond acceptors (Lipinski definition) is 3. The molecule has 0 aromatic heterocycles. The highest BCUT2D eigenvalue weighted by molar-refractivity contribution is 5.30. The van der Waals surface area contributed by atoms with Gasteiger partial charge in [-0.1, -0.05) is 12.1 Å². The topological polar surface area (TPSA) is 41.5 Å². The lowest BCUT2D eigenvalue weighted by Gasteiger charge is -2.45. The van der Waals surface area contributed by atoms with Crippen molar-refractivity contribution in [1.82, 2.24) is 5.32 Å². The first kappa shape index (κ1) is 13.9. The van der Waals surface area contributed by atoms with Gasteiger partial charge >= 0.3 is 6.18 Å². The largest absolute Gasteiger partial charge is 0.416 e. The Kier molecular flexibility index (Phi) is 3.27. The highest BCUT2D eigenvalue weighted by Crippen LogP contribution is 2.38. The molecule has 2 aliphatic rings. The summed E-state index contributed by atoms with van der Waals surface area (Å²) < 4.78 is 43.1. The molecule has 0 spiro atoms. The Balaban J connectivity index is 1.84.